The van der Waals surface area contributed by atoms with E-state index in [4.69, 9.17) is 10.5 Å². The first-order valence-corrected chi connectivity index (χ1v) is 8.23. The lowest BCUT2D eigenvalue weighted by atomic mass is 9.98. The quantitative estimate of drug-likeness (QED) is 0.558. The minimum Gasteiger partial charge on any atom is -0.496 e. The normalized spacial score (nSPS) is 10.8. The number of anilines is 1. The highest BCUT2D eigenvalue weighted by Gasteiger charge is 2.20. The number of nitrogen functional groups attached to an aromatic ring is 1. The molecule has 0 atom stereocenters. The van der Waals surface area contributed by atoms with E-state index in [1.165, 1.54) is 16.7 Å². The molecule has 0 aliphatic heterocycles. The van der Waals surface area contributed by atoms with Crippen LogP contribution < -0.4 is 16.0 Å². The second-order valence-electron chi connectivity index (χ2n) is 5.90. The average Bonchev–Trinajstić information content (AvgIpc) is 2.65. The molecule has 0 saturated carbocycles. The van der Waals surface area contributed by atoms with Crippen molar-refractivity contribution in [2.24, 2.45) is 0 Å². The van der Waals surface area contributed by atoms with E-state index in [2.05, 4.69) is 0 Å². The zero-order chi connectivity index (χ0) is 18.8. The lowest BCUT2D eigenvalue weighted by Crippen LogP contribution is -2.24. The summed E-state index contributed by atoms with van der Waals surface area (Å²) in [4.78, 5) is 23.5. The third kappa shape index (κ3) is 2.77. The van der Waals surface area contributed by atoms with Gasteiger partial charge in [0.15, 0.2) is 0 Å². The number of methoxy groups -OCH3 is 1. The summed E-state index contributed by atoms with van der Waals surface area (Å²) in [5.41, 5.74) is 7.27. The van der Waals surface area contributed by atoms with Gasteiger partial charge in [-0.15, -0.1) is 0 Å². The maximum atomic E-state index is 12.9. The molecule has 1 heterocycles. The lowest BCUT2D eigenvalue weighted by Gasteiger charge is -2.18. The van der Waals surface area contributed by atoms with Crippen molar-refractivity contribution in [1.29, 1.82) is 0 Å². The molecule has 2 aromatic carbocycles. The number of hydrogen-bond donors (Lipinski definition) is 1. The second-order valence-corrected chi connectivity index (χ2v) is 5.90. The number of nitrogens with two attached hydrogens (primary N) is 1. The van der Waals surface area contributed by atoms with E-state index in [0.717, 1.165) is 5.56 Å². The van der Waals surface area contributed by atoms with Crippen LogP contribution in [0.4, 0.5) is 11.5 Å². The van der Waals surface area contributed by atoms with E-state index in [0.29, 0.717) is 35.5 Å². The third-order valence-corrected chi connectivity index (χ3v) is 4.33. The Morgan fingerprint density at radius 3 is 2.58 bits per heavy atom. The maximum Gasteiger partial charge on any atom is 0.270 e. The van der Waals surface area contributed by atoms with Crippen molar-refractivity contribution in [2.45, 2.75) is 19.9 Å². The van der Waals surface area contributed by atoms with Gasteiger partial charge in [0.1, 0.15) is 11.6 Å². The van der Waals surface area contributed by atoms with Crippen LogP contribution in [0.15, 0.2) is 47.3 Å². The van der Waals surface area contributed by atoms with Crippen molar-refractivity contribution in [1.82, 2.24) is 4.57 Å². The zero-order valence-corrected chi connectivity index (χ0v) is 14.6. The molecule has 1 aromatic heterocycles. The van der Waals surface area contributed by atoms with Gasteiger partial charge in [-0.25, -0.2) is 0 Å². The number of nitro groups is 1. The lowest BCUT2D eigenvalue weighted by molar-refractivity contribution is -0.384. The highest BCUT2D eigenvalue weighted by Crippen LogP contribution is 2.38. The Morgan fingerprint density at radius 1 is 1.19 bits per heavy atom. The second kappa shape index (κ2) is 6.87. The zero-order valence-electron chi connectivity index (χ0n) is 14.6. The van der Waals surface area contributed by atoms with E-state index in [1.807, 2.05) is 25.1 Å². The number of fused-ring (bicyclic) bond motifs is 1. The Kier molecular flexibility index (Phi) is 4.62. The molecule has 0 spiro atoms. The van der Waals surface area contributed by atoms with Crippen molar-refractivity contribution < 1.29 is 9.66 Å². The fourth-order valence-electron chi connectivity index (χ4n) is 3.15. The molecule has 0 unspecified atom stereocenters. The fraction of sp³-hybridized carbons (Fsp3) is 0.211. The number of non-ortho nitro benzene ring substituents is 1. The Morgan fingerprint density at radius 2 is 1.92 bits per heavy atom. The predicted molar refractivity (Wildman–Crippen MR) is 102 cm³/mol. The first-order chi connectivity index (χ1) is 12.5. The summed E-state index contributed by atoms with van der Waals surface area (Å²) >= 11 is 0. The van der Waals surface area contributed by atoms with E-state index in [1.54, 1.807) is 19.2 Å². The number of rotatable bonds is 5. The Bertz CT molecular complexity index is 1060. The molecule has 26 heavy (non-hydrogen) atoms. The van der Waals surface area contributed by atoms with E-state index < -0.39 is 4.92 Å². The van der Waals surface area contributed by atoms with Gasteiger partial charge in [0, 0.05) is 29.8 Å². The van der Waals surface area contributed by atoms with Crippen LogP contribution in [-0.4, -0.2) is 16.6 Å². The van der Waals surface area contributed by atoms with Crippen LogP contribution in [-0.2, 0) is 6.54 Å². The fourth-order valence-corrected chi connectivity index (χ4v) is 3.15. The minimum absolute atomic E-state index is 0.131. The van der Waals surface area contributed by atoms with Gasteiger partial charge in [0.05, 0.1) is 17.4 Å². The molecule has 3 aromatic rings. The summed E-state index contributed by atoms with van der Waals surface area (Å²) in [5, 5.41) is 12.0. The van der Waals surface area contributed by atoms with E-state index in [9.17, 15) is 14.9 Å². The van der Waals surface area contributed by atoms with Gasteiger partial charge >= 0.3 is 0 Å². The number of nitro benzene ring substituents is 1. The van der Waals surface area contributed by atoms with Crippen LogP contribution in [0.5, 0.6) is 5.75 Å². The number of nitrogens with zero attached hydrogens (tertiary/aromatic N) is 2. The third-order valence-electron chi connectivity index (χ3n) is 4.33. The topological polar surface area (TPSA) is 100 Å². The maximum absolute atomic E-state index is 12.9. The predicted octanol–water partition coefficient (Wildman–Crippen LogP) is 3.58. The molecule has 0 saturated heterocycles. The van der Waals surface area contributed by atoms with Gasteiger partial charge in [-0.2, -0.15) is 0 Å². The number of benzene rings is 2. The summed E-state index contributed by atoms with van der Waals surface area (Å²) in [6, 6.07) is 11.6. The van der Waals surface area contributed by atoms with Crippen molar-refractivity contribution in [3.63, 3.8) is 0 Å². The monoisotopic (exact) mass is 353 g/mol. The van der Waals surface area contributed by atoms with E-state index in [-0.39, 0.29) is 16.6 Å². The number of hydrogen-bond acceptors (Lipinski definition) is 5. The van der Waals surface area contributed by atoms with Crippen molar-refractivity contribution >= 4 is 22.3 Å². The molecule has 0 bridgehead atoms. The molecule has 0 aliphatic rings. The summed E-state index contributed by atoms with van der Waals surface area (Å²) in [6.07, 6.45) is 0.704. The van der Waals surface area contributed by atoms with Gasteiger partial charge < -0.3 is 10.5 Å². The van der Waals surface area contributed by atoms with Crippen LogP contribution in [0.2, 0.25) is 0 Å². The molecule has 0 amide bonds. The van der Waals surface area contributed by atoms with Crippen molar-refractivity contribution in [3.8, 4) is 16.9 Å². The van der Waals surface area contributed by atoms with Gasteiger partial charge in [-0.3, -0.25) is 19.5 Å². The number of aromatic nitrogens is 1. The number of ether oxygens (including phenoxy) is 1. The molecule has 3 rings (SSSR count). The summed E-state index contributed by atoms with van der Waals surface area (Å²) in [6.45, 7) is 2.36. The molecule has 134 valence electrons. The molecule has 0 aliphatic carbocycles. The summed E-state index contributed by atoms with van der Waals surface area (Å²) in [7, 11) is 1.56. The van der Waals surface area contributed by atoms with Gasteiger partial charge in [-0.05, 0) is 23.9 Å². The molecule has 0 radical (unpaired) electrons. The number of pyridine rings is 1. The Balaban J connectivity index is 2.48. The molecule has 0 fully saturated rings. The first kappa shape index (κ1) is 17.5. The van der Waals surface area contributed by atoms with Crippen LogP contribution in [0.25, 0.3) is 21.9 Å². The van der Waals surface area contributed by atoms with Gasteiger partial charge in [0.2, 0.25) is 0 Å². The van der Waals surface area contributed by atoms with Crippen molar-refractivity contribution in [3.05, 3.63) is 62.9 Å². The first-order valence-electron chi connectivity index (χ1n) is 8.23. The van der Waals surface area contributed by atoms with Crippen molar-refractivity contribution in [2.75, 3.05) is 12.8 Å². The van der Waals surface area contributed by atoms with Gasteiger partial charge in [0.25, 0.3) is 11.2 Å². The van der Waals surface area contributed by atoms with Crippen LogP contribution >= 0.6 is 0 Å². The highest BCUT2D eigenvalue weighted by molar-refractivity contribution is 6.02. The minimum atomic E-state index is -0.512. The highest BCUT2D eigenvalue weighted by atomic mass is 16.6. The summed E-state index contributed by atoms with van der Waals surface area (Å²) in [5.74, 6) is 0.934. The molecule has 7 nitrogen and oxygen atoms in total. The smallest absolute Gasteiger partial charge is 0.270 e. The molecular weight excluding hydrogens is 334 g/mol. The van der Waals surface area contributed by atoms with E-state index >= 15 is 0 Å². The van der Waals surface area contributed by atoms with Crippen LogP contribution in [0.1, 0.15) is 13.3 Å². The van der Waals surface area contributed by atoms with Crippen LogP contribution in [0, 0.1) is 10.1 Å². The Hall–Kier alpha value is -3.35. The standard InChI is InChI=1S/C19H19N3O4/c1-3-10-21-18(20)17(14-6-4-5-7-16(14)26-2)13-9-8-12(22(24)25)11-15(13)19(21)23/h4-9,11H,3,10,20H2,1-2H3. The molecular formula is C19H19N3O4. The SMILES string of the molecule is CCCn1c(N)c(-c2ccccc2OC)c2ccc([N+](=O)[O-])cc2c1=O. The largest absolute Gasteiger partial charge is 0.496 e. The average molecular weight is 353 g/mol. The molecule has 2 N–H and O–H groups in total. The Labute approximate surface area is 149 Å². The molecule has 7 heteroatoms. The van der Waals surface area contributed by atoms with Crippen LogP contribution in [0.3, 0.4) is 0 Å². The number of para-hydroxylation sites is 1. The van der Waals surface area contributed by atoms with Gasteiger partial charge in [-0.1, -0.05) is 25.1 Å². The summed E-state index contributed by atoms with van der Waals surface area (Å²) < 4.78 is 6.91.